The van der Waals surface area contributed by atoms with Gasteiger partial charge in [0.1, 0.15) is 12.4 Å². The second-order valence-electron chi connectivity index (χ2n) is 6.30. The van der Waals surface area contributed by atoms with Crippen molar-refractivity contribution in [3.8, 4) is 11.5 Å². The lowest BCUT2D eigenvalue weighted by atomic mass is 9.97. The predicted octanol–water partition coefficient (Wildman–Crippen LogP) is 3.15. The highest BCUT2D eigenvalue weighted by Crippen LogP contribution is 2.17. The van der Waals surface area contributed by atoms with Crippen LogP contribution in [0.15, 0.2) is 36.7 Å². The van der Waals surface area contributed by atoms with Gasteiger partial charge in [-0.25, -0.2) is 9.97 Å². The van der Waals surface area contributed by atoms with Crippen LogP contribution in [0.2, 0.25) is 0 Å². The molecule has 0 radical (unpaired) electrons. The molecule has 1 aromatic heterocycles. The van der Waals surface area contributed by atoms with Crippen molar-refractivity contribution in [2.24, 2.45) is 5.41 Å². The van der Waals surface area contributed by atoms with Gasteiger partial charge >= 0.3 is 5.97 Å². The van der Waals surface area contributed by atoms with Gasteiger partial charge in [-0.15, -0.1) is 0 Å². The standard InChI is InChI=1S/C18H22N2O4/c1-18(2,3)17(21)24-12-16-19-9-15(10-20-16)23-11-13-5-7-14(22-4)8-6-13/h5-10H,11-12H2,1-4H3. The van der Waals surface area contributed by atoms with Gasteiger partial charge in [-0.3, -0.25) is 4.79 Å². The molecule has 0 atom stereocenters. The van der Waals surface area contributed by atoms with Gasteiger partial charge in [0.05, 0.1) is 24.9 Å². The van der Waals surface area contributed by atoms with E-state index < -0.39 is 5.41 Å². The number of ether oxygens (including phenoxy) is 3. The second kappa shape index (κ2) is 7.77. The van der Waals surface area contributed by atoms with Gasteiger partial charge in [0.25, 0.3) is 0 Å². The van der Waals surface area contributed by atoms with Crippen LogP contribution in [-0.4, -0.2) is 23.0 Å². The zero-order valence-electron chi connectivity index (χ0n) is 14.4. The summed E-state index contributed by atoms with van der Waals surface area (Å²) in [5.41, 5.74) is 0.473. The number of rotatable bonds is 6. The summed E-state index contributed by atoms with van der Waals surface area (Å²) < 4.78 is 15.9. The van der Waals surface area contributed by atoms with E-state index in [0.29, 0.717) is 18.2 Å². The molecule has 0 amide bonds. The topological polar surface area (TPSA) is 70.5 Å². The maximum absolute atomic E-state index is 11.7. The number of aromatic nitrogens is 2. The van der Waals surface area contributed by atoms with E-state index in [4.69, 9.17) is 14.2 Å². The van der Waals surface area contributed by atoms with Crippen LogP contribution < -0.4 is 9.47 Å². The summed E-state index contributed by atoms with van der Waals surface area (Å²) in [6.45, 7) is 5.85. The van der Waals surface area contributed by atoms with Crippen LogP contribution in [0.3, 0.4) is 0 Å². The summed E-state index contributed by atoms with van der Waals surface area (Å²) in [6, 6.07) is 7.61. The Balaban J connectivity index is 1.84. The maximum Gasteiger partial charge on any atom is 0.311 e. The normalized spacial score (nSPS) is 11.0. The largest absolute Gasteiger partial charge is 0.497 e. The Morgan fingerprint density at radius 1 is 1.00 bits per heavy atom. The SMILES string of the molecule is COc1ccc(COc2cnc(COC(=O)C(C)(C)C)nc2)cc1. The molecule has 2 aromatic rings. The van der Waals surface area contributed by atoms with Crippen LogP contribution in [0.4, 0.5) is 0 Å². The van der Waals surface area contributed by atoms with E-state index in [-0.39, 0.29) is 12.6 Å². The molecule has 0 aliphatic rings. The van der Waals surface area contributed by atoms with Gasteiger partial charge in [-0.2, -0.15) is 0 Å². The Morgan fingerprint density at radius 2 is 1.62 bits per heavy atom. The summed E-state index contributed by atoms with van der Waals surface area (Å²) in [6.07, 6.45) is 3.13. The maximum atomic E-state index is 11.7. The third-order valence-electron chi connectivity index (χ3n) is 3.19. The van der Waals surface area contributed by atoms with E-state index in [1.807, 2.05) is 24.3 Å². The summed E-state index contributed by atoms with van der Waals surface area (Å²) in [7, 11) is 1.63. The number of methoxy groups -OCH3 is 1. The van der Waals surface area contributed by atoms with E-state index in [1.165, 1.54) is 0 Å². The lowest BCUT2D eigenvalue weighted by Crippen LogP contribution is -2.23. The van der Waals surface area contributed by atoms with Gasteiger partial charge < -0.3 is 14.2 Å². The minimum atomic E-state index is -0.540. The fourth-order valence-electron chi connectivity index (χ4n) is 1.73. The van der Waals surface area contributed by atoms with Gasteiger partial charge in [0, 0.05) is 0 Å². The molecule has 0 N–H and O–H groups in total. The summed E-state index contributed by atoms with van der Waals surface area (Å²) in [4.78, 5) is 20.0. The molecule has 2 rings (SSSR count). The monoisotopic (exact) mass is 330 g/mol. The third-order valence-corrected chi connectivity index (χ3v) is 3.19. The average molecular weight is 330 g/mol. The molecule has 0 bridgehead atoms. The minimum absolute atomic E-state index is 0.0505. The Bertz CT molecular complexity index is 661. The number of hydrogen-bond donors (Lipinski definition) is 0. The first-order valence-electron chi connectivity index (χ1n) is 7.62. The van der Waals surface area contributed by atoms with Crippen molar-refractivity contribution >= 4 is 5.97 Å². The van der Waals surface area contributed by atoms with Crippen molar-refractivity contribution in [2.75, 3.05) is 7.11 Å². The molecule has 0 fully saturated rings. The highest BCUT2D eigenvalue weighted by Gasteiger charge is 2.23. The minimum Gasteiger partial charge on any atom is -0.497 e. The number of benzene rings is 1. The number of nitrogens with zero attached hydrogens (tertiary/aromatic N) is 2. The Hall–Kier alpha value is -2.63. The van der Waals surface area contributed by atoms with E-state index >= 15 is 0 Å². The average Bonchev–Trinajstić information content (AvgIpc) is 2.58. The summed E-state index contributed by atoms with van der Waals surface area (Å²) in [5.74, 6) is 1.50. The number of carbonyl (C=O) groups is 1. The van der Waals surface area contributed by atoms with Crippen LogP contribution in [0, 0.1) is 5.41 Å². The first-order chi connectivity index (χ1) is 11.4. The molecule has 128 valence electrons. The molecule has 6 nitrogen and oxygen atoms in total. The highest BCUT2D eigenvalue weighted by molar-refractivity contribution is 5.75. The second-order valence-corrected chi connectivity index (χ2v) is 6.30. The molecular weight excluding hydrogens is 308 g/mol. The van der Waals surface area contributed by atoms with Crippen molar-refractivity contribution in [3.05, 3.63) is 48.0 Å². The fraction of sp³-hybridized carbons (Fsp3) is 0.389. The molecule has 0 spiro atoms. The number of carbonyl (C=O) groups excluding carboxylic acids is 1. The van der Waals surface area contributed by atoms with Gasteiger partial charge in [-0.1, -0.05) is 12.1 Å². The highest BCUT2D eigenvalue weighted by atomic mass is 16.5. The van der Waals surface area contributed by atoms with E-state index in [1.54, 1.807) is 40.3 Å². The van der Waals surface area contributed by atoms with Crippen molar-refractivity contribution in [1.82, 2.24) is 9.97 Å². The van der Waals surface area contributed by atoms with Crippen molar-refractivity contribution < 1.29 is 19.0 Å². The quantitative estimate of drug-likeness (QED) is 0.758. The molecule has 0 saturated carbocycles. The lowest BCUT2D eigenvalue weighted by molar-refractivity contribution is -0.154. The summed E-state index contributed by atoms with van der Waals surface area (Å²) in [5, 5.41) is 0. The smallest absolute Gasteiger partial charge is 0.311 e. The molecule has 6 heteroatoms. The zero-order valence-corrected chi connectivity index (χ0v) is 14.4. The van der Waals surface area contributed by atoms with Crippen LogP contribution in [0.1, 0.15) is 32.2 Å². The Labute approximate surface area is 141 Å². The first-order valence-corrected chi connectivity index (χ1v) is 7.62. The van der Waals surface area contributed by atoms with E-state index in [9.17, 15) is 4.79 Å². The predicted molar refractivity (Wildman–Crippen MR) is 88.6 cm³/mol. The van der Waals surface area contributed by atoms with Crippen molar-refractivity contribution in [3.63, 3.8) is 0 Å². The Kier molecular flexibility index (Phi) is 5.73. The molecular formula is C18H22N2O4. The van der Waals surface area contributed by atoms with Crippen LogP contribution in [0.5, 0.6) is 11.5 Å². The molecule has 0 unspecified atom stereocenters. The van der Waals surface area contributed by atoms with E-state index in [2.05, 4.69) is 9.97 Å². The van der Waals surface area contributed by atoms with Crippen LogP contribution in [-0.2, 0) is 22.7 Å². The van der Waals surface area contributed by atoms with Gasteiger partial charge in [-0.05, 0) is 38.5 Å². The zero-order chi connectivity index (χ0) is 17.6. The number of esters is 1. The molecule has 0 saturated heterocycles. The fourth-order valence-corrected chi connectivity index (χ4v) is 1.73. The molecule has 0 aliphatic heterocycles. The molecule has 1 heterocycles. The van der Waals surface area contributed by atoms with Crippen LogP contribution in [0.25, 0.3) is 0 Å². The Morgan fingerprint density at radius 3 is 2.17 bits per heavy atom. The van der Waals surface area contributed by atoms with Crippen molar-refractivity contribution in [2.45, 2.75) is 34.0 Å². The third kappa shape index (κ3) is 5.22. The lowest BCUT2D eigenvalue weighted by Gasteiger charge is -2.16. The van der Waals surface area contributed by atoms with E-state index in [0.717, 1.165) is 11.3 Å². The summed E-state index contributed by atoms with van der Waals surface area (Å²) >= 11 is 0. The van der Waals surface area contributed by atoms with Crippen LogP contribution >= 0.6 is 0 Å². The molecule has 0 aliphatic carbocycles. The van der Waals surface area contributed by atoms with Gasteiger partial charge in [0.2, 0.25) is 0 Å². The van der Waals surface area contributed by atoms with Crippen molar-refractivity contribution in [1.29, 1.82) is 0 Å². The van der Waals surface area contributed by atoms with Gasteiger partial charge in [0.15, 0.2) is 18.2 Å². The number of hydrogen-bond acceptors (Lipinski definition) is 6. The molecule has 24 heavy (non-hydrogen) atoms. The first kappa shape index (κ1) is 17.7. The molecule has 1 aromatic carbocycles.